The lowest BCUT2D eigenvalue weighted by atomic mass is 9.95. The second-order valence-corrected chi connectivity index (χ2v) is 18.2. The first-order valence-corrected chi connectivity index (χ1v) is 20.7. The van der Waals surface area contributed by atoms with E-state index in [9.17, 15) is 0 Å². The van der Waals surface area contributed by atoms with Gasteiger partial charge in [-0.05, 0) is 79.6 Å². The van der Waals surface area contributed by atoms with Crippen LogP contribution in [0.2, 0.25) is 13.1 Å². The molecule has 1 aliphatic heterocycles. The minimum atomic E-state index is -1.92. The number of aliphatic imine (C=N–C) groups is 2. The van der Waals surface area contributed by atoms with E-state index in [1.54, 1.807) is 0 Å². The summed E-state index contributed by atoms with van der Waals surface area (Å²) in [6.07, 6.45) is 1.99. The summed E-state index contributed by atoms with van der Waals surface area (Å²) in [5, 5.41) is 5.05. The summed E-state index contributed by atoms with van der Waals surface area (Å²) in [4.78, 5) is 10.3. The molecule has 0 fully saturated rings. The van der Waals surface area contributed by atoms with Crippen LogP contribution in [-0.2, 0) is 0 Å². The third-order valence-electron chi connectivity index (χ3n) is 10.4. The number of hydrogen-bond donors (Lipinski definition) is 0. The van der Waals surface area contributed by atoms with E-state index in [2.05, 4.69) is 147 Å². The normalized spacial score (nSPS) is 13.5. The molecule has 0 amide bonds. The third-order valence-corrected chi connectivity index (χ3v) is 13.9. The van der Waals surface area contributed by atoms with Gasteiger partial charge >= 0.3 is 0 Å². The van der Waals surface area contributed by atoms with Gasteiger partial charge in [0, 0.05) is 28.1 Å². The monoisotopic (exact) mass is 684 g/mol. The van der Waals surface area contributed by atoms with E-state index in [4.69, 9.17) is 14.4 Å². The molecule has 0 saturated carbocycles. The van der Waals surface area contributed by atoms with E-state index in [0.717, 1.165) is 60.9 Å². The summed E-state index contributed by atoms with van der Waals surface area (Å²) in [7, 11) is -1.92. The van der Waals surface area contributed by atoms with E-state index < -0.39 is 8.07 Å². The van der Waals surface area contributed by atoms with E-state index >= 15 is 0 Å². The number of benzene rings is 7. The van der Waals surface area contributed by atoms with E-state index in [-0.39, 0.29) is 0 Å². The van der Waals surface area contributed by atoms with Crippen molar-refractivity contribution < 1.29 is 4.42 Å². The maximum absolute atomic E-state index is 6.51. The highest BCUT2D eigenvalue weighted by atomic mass is 28.3. The highest BCUT2D eigenvalue weighted by Crippen LogP contribution is 2.35. The predicted octanol–water partition coefficient (Wildman–Crippen LogP) is 11.3. The second kappa shape index (κ2) is 12.8. The second-order valence-electron chi connectivity index (χ2n) is 13.9. The molecule has 0 spiro atoms. The smallest absolute Gasteiger partial charge is 0.159 e. The maximum Gasteiger partial charge on any atom is 0.159 e. The molecule has 2 heterocycles. The lowest BCUT2D eigenvalue weighted by Crippen LogP contribution is -2.49. The van der Waals surface area contributed by atoms with Gasteiger partial charge in [0.05, 0.1) is 5.70 Å². The molecule has 0 radical (unpaired) electrons. The molecular formula is C48H36N2OSi. The Bertz CT molecular complexity index is 2710. The van der Waals surface area contributed by atoms with Gasteiger partial charge < -0.3 is 4.42 Å². The molecule has 52 heavy (non-hydrogen) atoms. The van der Waals surface area contributed by atoms with E-state index in [0.29, 0.717) is 11.5 Å². The Kier molecular flexibility index (Phi) is 7.75. The van der Waals surface area contributed by atoms with Gasteiger partial charge in [-0.25, -0.2) is 9.98 Å². The topological polar surface area (TPSA) is 37.9 Å². The minimum absolute atomic E-state index is 0.570. The zero-order valence-corrected chi connectivity index (χ0v) is 30.2. The number of furan rings is 1. The van der Waals surface area contributed by atoms with Crippen LogP contribution in [0.5, 0.6) is 0 Å². The van der Waals surface area contributed by atoms with Crippen LogP contribution >= 0.6 is 0 Å². The average molecular weight is 685 g/mol. The predicted molar refractivity (Wildman–Crippen MR) is 223 cm³/mol. The summed E-state index contributed by atoms with van der Waals surface area (Å²) in [6.45, 7) is 9.25. The van der Waals surface area contributed by atoms with Gasteiger partial charge in [-0.3, -0.25) is 0 Å². The Labute approximate surface area is 305 Å². The SMILES string of the molecule is C=C(N=C(N=Cc1cc2c(cc1-c1ccccc1)-c1ccccc1[Si]2(C)C)c1ccc2c(c1)oc1cc(-c3ccccc3)ccc12)c1ccccc1. The zero-order valence-electron chi connectivity index (χ0n) is 29.2. The first-order valence-electron chi connectivity index (χ1n) is 17.7. The van der Waals surface area contributed by atoms with E-state index in [1.807, 2.05) is 42.6 Å². The molecule has 0 aliphatic carbocycles. The molecule has 7 aromatic carbocycles. The third kappa shape index (κ3) is 5.54. The molecule has 4 heteroatoms. The van der Waals surface area contributed by atoms with Gasteiger partial charge in [0.1, 0.15) is 19.2 Å². The molecule has 3 nitrogen and oxygen atoms in total. The molecule has 8 aromatic rings. The highest BCUT2D eigenvalue weighted by molar-refractivity contribution is 7.03. The Morgan fingerprint density at radius 1 is 0.538 bits per heavy atom. The molecule has 0 saturated heterocycles. The Morgan fingerprint density at radius 3 is 1.92 bits per heavy atom. The first-order chi connectivity index (χ1) is 25.4. The fourth-order valence-electron chi connectivity index (χ4n) is 7.59. The largest absolute Gasteiger partial charge is 0.456 e. The van der Waals surface area contributed by atoms with Crippen LogP contribution in [0.25, 0.3) is 61.0 Å². The van der Waals surface area contributed by atoms with Crippen LogP contribution in [0.3, 0.4) is 0 Å². The van der Waals surface area contributed by atoms with Crippen molar-refractivity contribution in [2.45, 2.75) is 13.1 Å². The van der Waals surface area contributed by atoms with Crippen LogP contribution in [-0.4, -0.2) is 20.1 Å². The average Bonchev–Trinajstić information content (AvgIpc) is 3.67. The molecule has 9 rings (SSSR count). The number of amidine groups is 1. The van der Waals surface area contributed by atoms with Gasteiger partial charge in [-0.15, -0.1) is 0 Å². The van der Waals surface area contributed by atoms with Crippen molar-refractivity contribution >= 4 is 58.1 Å². The van der Waals surface area contributed by atoms with Crippen molar-refractivity contribution in [1.29, 1.82) is 0 Å². The zero-order chi connectivity index (χ0) is 35.2. The number of rotatable bonds is 6. The van der Waals surface area contributed by atoms with Gasteiger partial charge in [0.2, 0.25) is 0 Å². The van der Waals surface area contributed by atoms with E-state index in [1.165, 1.54) is 21.5 Å². The molecule has 0 N–H and O–H groups in total. The van der Waals surface area contributed by atoms with Crippen LogP contribution in [0.4, 0.5) is 0 Å². The summed E-state index contributed by atoms with van der Waals surface area (Å²) in [5.74, 6) is 0.570. The molecular weight excluding hydrogens is 649 g/mol. The summed E-state index contributed by atoms with van der Waals surface area (Å²) >= 11 is 0. The molecule has 1 aliphatic rings. The number of hydrogen-bond acceptors (Lipinski definition) is 2. The van der Waals surface area contributed by atoms with Gasteiger partial charge in [0.15, 0.2) is 5.84 Å². The van der Waals surface area contributed by atoms with Crippen LogP contribution in [0.1, 0.15) is 16.7 Å². The fourth-order valence-corrected chi connectivity index (χ4v) is 10.7. The standard InChI is InChI=1S/C48H36N2OSi/c1-32(33-15-7-4-8-16-33)50-48(37-24-26-40-39-25-23-36(34-17-9-5-10-18-34)27-44(39)51-45(40)28-37)49-31-38-29-47-43(30-42(38)35-19-11-6-12-20-35)41-21-13-14-22-46(41)52(47,2)3/h4-31H,1H2,2-3H3. The first kappa shape index (κ1) is 31.6. The van der Waals surface area contributed by atoms with Crippen molar-refractivity contribution in [2.75, 3.05) is 0 Å². The van der Waals surface area contributed by atoms with Crippen LogP contribution in [0.15, 0.2) is 185 Å². The molecule has 0 unspecified atom stereocenters. The molecule has 1 aromatic heterocycles. The molecule has 0 atom stereocenters. The summed E-state index contributed by atoms with van der Waals surface area (Å²) < 4.78 is 6.51. The summed E-state index contributed by atoms with van der Waals surface area (Å²) in [6, 6.07) is 57.4. The lowest BCUT2D eigenvalue weighted by Gasteiger charge is -2.20. The Morgan fingerprint density at radius 2 is 1.17 bits per heavy atom. The quantitative estimate of drug-likeness (QED) is 0.0976. The van der Waals surface area contributed by atoms with Crippen molar-refractivity contribution in [3.63, 3.8) is 0 Å². The fraction of sp³-hybridized carbons (Fsp3) is 0.0417. The van der Waals surface area contributed by atoms with Crippen molar-refractivity contribution in [1.82, 2.24) is 0 Å². The van der Waals surface area contributed by atoms with Gasteiger partial charge in [-0.2, -0.15) is 0 Å². The van der Waals surface area contributed by atoms with Gasteiger partial charge in [-0.1, -0.05) is 153 Å². The van der Waals surface area contributed by atoms with Crippen LogP contribution in [0, 0.1) is 0 Å². The number of nitrogens with zero attached hydrogens (tertiary/aromatic N) is 2. The Balaban J connectivity index is 1.18. The maximum atomic E-state index is 6.51. The Hall–Kier alpha value is -6.36. The van der Waals surface area contributed by atoms with Crippen molar-refractivity contribution in [3.05, 3.63) is 187 Å². The summed E-state index contributed by atoms with van der Waals surface area (Å²) in [5.41, 5.74) is 12.4. The number of fused-ring (bicyclic) bond motifs is 6. The highest BCUT2D eigenvalue weighted by Gasteiger charge is 2.37. The van der Waals surface area contributed by atoms with Crippen molar-refractivity contribution in [3.8, 4) is 33.4 Å². The lowest BCUT2D eigenvalue weighted by molar-refractivity contribution is 0.669. The molecule has 248 valence electrons. The minimum Gasteiger partial charge on any atom is -0.456 e. The molecule has 0 bridgehead atoms. The van der Waals surface area contributed by atoms with Crippen LogP contribution < -0.4 is 10.4 Å². The van der Waals surface area contributed by atoms with Gasteiger partial charge in [0.25, 0.3) is 0 Å². The van der Waals surface area contributed by atoms with Crippen molar-refractivity contribution in [2.24, 2.45) is 9.98 Å².